The van der Waals surface area contributed by atoms with Crippen molar-refractivity contribution in [1.82, 2.24) is 14.5 Å². The van der Waals surface area contributed by atoms with Crippen LogP contribution in [0.5, 0.6) is 0 Å². The zero-order valence-electron chi connectivity index (χ0n) is 20.6. The van der Waals surface area contributed by atoms with Gasteiger partial charge < -0.3 is 10.6 Å². The van der Waals surface area contributed by atoms with Gasteiger partial charge in [-0.05, 0) is 68.0 Å². The van der Waals surface area contributed by atoms with Gasteiger partial charge in [-0.1, -0.05) is 13.8 Å². The molecule has 1 fully saturated rings. The predicted octanol–water partition coefficient (Wildman–Crippen LogP) is 3.55. The number of benzene rings is 1. The van der Waals surface area contributed by atoms with E-state index in [0.717, 1.165) is 55.8 Å². The smallest absolute Gasteiger partial charge is 0.256 e. The minimum absolute atomic E-state index is 0.191. The van der Waals surface area contributed by atoms with Crippen LogP contribution in [-0.4, -0.2) is 62.7 Å². The molecule has 1 unspecified atom stereocenters. The Balaban J connectivity index is 1.53. The Hall–Kier alpha value is -2.27. The Morgan fingerprint density at radius 2 is 1.89 bits per heavy atom. The van der Waals surface area contributed by atoms with Gasteiger partial charge in [-0.25, -0.2) is 8.42 Å². The molecule has 8 nitrogen and oxygen atoms in total. The Labute approximate surface area is 211 Å². The molecule has 35 heavy (non-hydrogen) atoms. The Morgan fingerprint density at radius 3 is 2.54 bits per heavy atom. The van der Waals surface area contributed by atoms with Gasteiger partial charge in [-0.3, -0.25) is 14.5 Å². The van der Waals surface area contributed by atoms with E-state index in [9.17, 15) is 18.0 Å². The Bertz CT molecular complexity index is 1190. The van der Waals surface area contributed by atoms with Crippen molar-refractivity contribution in [2.45, 2.75) is 51.0 Å². The normalized spacial score (nSPS) is 19.2. The molecule has 3 heterocycles. The third-order valence-corrected chi connectivity index (χ3v) is 9.74. The summed E-state index contributed by atoms with van der Waals surface area (Å²) in [6.07, 6.45) is 3.72. The summed E-state index contributed by atoms with van der Waals surface area (Å²) in [7, 11) is -1.99. The average molecular weight is 519 g/mol. The van der Waals surface area contributed by atoms with Crippen LogP contribution >= 0.6 is 11.3 Å². The lowest BCUT2D eigenvalue weighted by Gasteiger charge is -2.30. The van der Waals surface area contributed by atoms with Crippen LogP contribution < -0.4 is 10.6 Å². The van der Waals surface area contributed by atoms with Gasteiger partial charge in [0, 0.05) is 43.7 Å². The summed E-state index contributed by atoms with van der Waals surface area (Å²) in [6, 6.07) is 6.05. The third-order valence-electron chi connectivity index (χ3n) is 6.73. The van der Waals surface area contributed by atoms with Crippen molar-refractivity contribution in [2.75, 3.05) is 38.5 Å². The first-order chi connectivity index (χ1) is 16.7. The van der Waals surface area contributed by atoms with Crippen LogP contribution in [-0.2, 0) is 23.0 Å². The molecule has 1 saturated heterocycles. The first-order valence-corrected chi connectivity index (χ1v) is 14.5. The van der Waals surface area contributed by atoms with Crippen LogP contribution in [0.15, 0.2) is 29.2 Å². The van der Waals surface area contributed by atoms with Gasteiger partial charge in [-0.15, -0.1) is 11.3 Å². The van der Waals surface area contributed by atoms with Crippen molar-refractivity contribution in [1.29, 1.82) is 0 Å². The number of rotatable bonds is 7. The number of sulfonamides is 1. The van der Waals surface area contributed by atoms with Crippen LogP contribution in [0, 0.1) is 5.92 Å². The van der Waals surface area contributed by atoms with Gasteiger partial charge >= 0.3 is 0 Å². The van der Waals surface area contributed by atoms with Crippen molar-refractivity contribution in [3.05, 3.63) is 45.8 Å². The Morgan fingerprint density at radius 1 is 1.14 bits per heavy atom. The summed E-state index contributed by atoms with van der Waals surface area (Å²) in [6.45, 7) is 7.92. The lowest BCUT2D eigenvalue weighted by molar-refractivity contribution is 0.0962. The number of nitrogens with one attached hydrogen (secondary N) is 2. The number of hydrogen-bond donors (Lipinski definition) is 2. The maximum Gasteiger partial charge on any atom is 0.256 e. The number of thiophene rings is 1. The van der Waals surface area contributed by atoms with E-state index in [2.05, 4.69) is 29.4 Å². The fourth-order valence-electron chi connectivity index (χ4n) is 4.88. The van der Waals surface area contributed by atoms with Gasteiger partial charge in [-0.2, -0.15) is 4.31 Å². The average Bonchev–Trinajstić information content (AvgIpc) is 3.20. The minimum Gasteiger partial charge on any atom is -0.355 e. The second kappa shape index (κ2) is 10.8. The second-order valence-corrected chi connectivity index (χ2v) is 12.4. The van der Waals surface area contributed by atoms with Crippen LogP contribution in [0.4, 0.5) is 5.00 Å². The number of amides is 2. The van der Waals surface area contributed by atoms with E-state index in [1.807, 2.05) is 0 Å². The molecule has 1 atom stereocenters. The van der Waals surface area contributed by atoms with E-state index >= 15 is 0 Å². The van der Waals surface area contributed by atoms with Crippen molar-refractivity contribution < 1.29 is 18.0 Å². The SMILES string of the molecule is CCCN1CCc2c(sc(NC(=O)c3ccc(S(=O)(=O)N4CCCC(C)C4)cc3)c2C(=O)NC)C1. The fraction of sp³-hybridized carbons (Fsp3) is 0.520. The van der Waals surface area contributed by atoms with Gasteiger partial charge in [0.15, 0.2) is 0 Å². The molecule has 2 N–H and O–H groups in total. The number of carbonyl (C=O) groups excluding carboxylic acids is 2. The summed E-state index contributed by atoms with van der Waals surface area (Å²) in [5, 5.41) is 6.15. The van der Waals surface area contributed by atoms with Crippen molar-refractivity contribution in [3.63, 3.8) is 0 Å². The fourth-order valence-corrected chi connectivity index (χ4v) is 7.76. The van der Waals surface area contributed by atoms with Crippen molar-refractivity contribution >= 4 is 38.2 Å². The molecule has 0 radical (unpaired) electrons. The largest absolute Gasteiger partial charge is 0.355 e. The third kappa shape index (κ3) is 5.45. The summed E-state index contributed by atoms with van der Waals surface area (Å²) in [4.78, 5) is 29.4. The topological polar surface area (TPSA) is 98.8 Å². The highest BCUT2D eigenvalue weighted by Crippen LogP contribution is 2.37. The Kier molecular flexibility index (Phi) is 7.95. The molecule has 4 rings (SSSR count). The highest BCUT2D eigenvalue weighted by atomic mass is 32.2. The van der Waals surface area contributed by atoms with E-state index in [4.69, 9.17) is 0 Å². The summed E-state index contributed by atoms with van der Waals surface area (Å²) >= 11 is 1.45. The van der Waals surface area contributed by atoms with Gasteiger partial charge in [0.1, 0.15) is 5.00 Å². The van der Waals surface area contributed by atoms with E-state index in [1.165, 1.54) is 39.9 Å². The maximum absolute atomic E-state index is 13.1. The van der Waals surface area contributed by atoms with E-state index < -0.39 is 10.0 Å². The zero-order chi connectivity index (χ0) is 25.2. The molecule has 1 aromatic carbocycles. The predicted molar refractivity (Wildman–Crippen MR) is 139 cm³/mol. The van der Waals surface area contributed by atoms with Crippen molar-refractivity contribution in [2.24, 2.45) is 5.92 Å². The molecule has 0 saturated carbocycles. The summed E-state index contributed by atoms with van der Waals surface area (Å²) in [5.74, 6) is -0.239. The van der Waals surface area contributed by atoms with Crippen molar-refractivity contribution in [3.8, 4) is 0 Å². The number of anilines is 1. The molecule has 2 aliphatic rings. The number of nitrogens with zero attached hydrogens (tertiary/aromatic N) is 2. The van der Waals surface area contributed by atoms with Crippen LogP contribution in [0.2, 0.25) is 0 Å². The molecule has 190 valence electrons. The lowest BCUT2D eigenvalue weighted by atomic mass is 10.0. The molecule has 2 aromatic rings. The van der Waals surface area contributed by atoms with E-state index in [1.54, 1.807) is 7.05 Å². The van der Waals surface area contributed by atoms with Gasteiger partial charge in [0.05, 0.1) is 10.5 Å². The molecule has 2 aliphatic heterocycles. The number of piperidine rings is 1. The van der Waals surface area contributed by atoms with Crippen LogP contribution in [0.1, 0.15) is 64.3 Å². The number of carbonyl (C=O) groups is 2. The van der Waals surface area contributed by atoms with Crippen LogP contribution in [0.3, 0.4) is 0 Å². The summed E-state index contributed by atoms with van der Waals surface area (Å²) in [5.41, 5.74) is 1.89. The summed E-state index contributed by atoms with van der Waals surface area (Å²) < 4.78 is 27.6. The lowest BCUT2D eigenvalue weighted by Crippen LogP contribution is -2.39. The molecule has 10 heteroatoms. The number of fused-ring (bicyclic) bond motifs is 1. The molecule has 0 spiro atoms. The zero-order valence-corrected chi connectivity index (χ0v) is 22.2. The number of hydrogen-bond acceptors (Lipinski definition) is 6. The molecule has 0 aliphatic carbocycles. The quantitative estimate of drug-likeness (QED) is 0.584. The molecular weight excluding hydrogens is 484 g/mol. The molecule has 0 bridgehead atoms. The van der Waals surface area contributed by atoms with E-state index in [0.29, 0.717) is 35.1 Å². The van der Waals surface area contributed by atoms with Gasteiger partial charge in [0.2, 0.25) is 10.0 Å². The van der Waals surface area contributed by atoms with Gasteiger partial charge in [0.25, 0.3) is 11.8 Å². The second-order valence-electron chi connectivity index (χ2n) is 9.40. The first kappa shape index (κ1) is 25.8. The monoisotopic (exact) mass is 518 g/mol. The maximum atomic E-state index is 13.1. The molecule has 1 aromatic heterocycles. The van der Waals surface area contributed by atoms with Crippen LogP contribution in [0.25, 0.3) is 0 Å². The molecule has 2 amide bonds. The highest BCUT2D eigenvalue weighted by molar-refractivity contribution is 7.89. The minimum atomic E-state index is -3.58. The van der Waals surface area contributed by atoms with E-state index in [-0.39, 0.29) is 16.7 Å². The highest BCUT2D eigenvalue weighted by Gasteiger charge is 2.30. The first-order valence-electron chi connectivity index (χ1n) is 12.2. The standard InChI is InChI=1S/C25H34N4O4S2/c1-4-12-28-14-11-20-21(16-28)34-25(22(20)24(31)26-3)27-23(30)18-7-9-19(10-8-18)35(32,33)29-13-5-6-17(2)15-29/h7-10,17H,4-6,11-16H2,1-3H3,(H,26,31)(H,27,30). The molecular formula is C25H34N4O4S2.